The third kappa shape index (κ3) is 4.35. The average Bonchev–Trinajstić information content (AvgIpc) is 3.23. The largest absolute Gasteiger partial charge is 0.370 e. The van der Waals surface area contributed by atoms with Gasteiger partial charge in [0.05, 0.1) is 0 Å². The Hall–Kier alpha value is -1.36. The number of nitrogens with zero attached hydrogens (tertiary/aromatic N) is 3. The van der Waals surface area contributed by atoms with E-state index in [0.29, 0.717) is 5.92 Å². The molecule has 106 valence electrons. The van der Waals surface area contributed by atoms with Gasteiger partial charge < -0.3 is 15.5 Å². The second-order valence-corrected chi connectivity index (χ2v) is 5.12. The molecule has 1 aliphatic rings. The highest BCUT2D eigenvalue weighted by Gasteiger charge is 2.27. The van der Waals surface area contributed by atoms with E-state index in [4.69, 9.17) is 0 Å². The molecular formula is C14H25N5. The third-order valence-corrected chi connectivity index (χ3v) is 3.38. The van der Waals surface area contributed by atoms with Crippen LogP contribution in [0.15, 0.2) is 6.07 Å². The van der Waals surface area contributed by atoms with Gasteiger partial charge in [0.15, 0.2) is 0 Å². The second kappa shape index (κ2) is 6.70. The standard InChI is InChI=1S/C14H25N5/c1-4-15-12-10-13(16-8-9-19(3)5-2)18-14(17-12)11-6-7-11/h10-11H,4-9H2,1-3H3,(H2,15,16,17,18). The first-order valence-corrected chi connectivity index (χ1v) is 7.28. The van der Waals surface area contributed by atoms with Crippen molar-refractivity contribution in [1.29, 1.82) is 0 Å². The van der Waals surface area contributed by atoms with Crippen molar-refractivity contribution in [3.8, 4) is 0 Å². The quantitative estimate of drug-likeness (QED) is 0.752. The summed E-state index contributed by atoms with van der Waals surface area (Å²) in [5.74, 6) is 3.45. The molecule has 2 N–H and O–H groups in total. The Morgan fingerprint density at radius 2 is 1.89 bits per heavy atom. The van der Waals surface area contributed by atoms with E-state index in [1.54, 1.807) is 0 Å². The van der Waals surface area contributed by atoms with Gasteiger partial charge in [-0.3, -0.25) is 0 Å². The molecule has 1 aromatic heterocycles. The molecule has 0 aromatic carbocycles. The molecule has 0 unspecified atom stereocenters. The van der Waals surface area contributed by atoms with Gasteiger partial charge in [0.2, 0.25) is 0 Å². The van der Waals surface area contributed by atoms with Crippen molar-refractivity contribution < 1.29 is 0 Å². The second-order valence-electron chi connectivity index (χ2n) is 5.12. The first-order chi connectivity index (χ1) is 9.22. The summed E-state index contributed by atoms with van der Waals surface area (Å²) in [5.41, 5.74) is 0. The highest BCUT2D eigenvalue weighted by molar-refractivity contribution is 5.48. The van der Waals surface area contributed by atoms with Crippen molar-refractivity contribution in [3.05, 3.63) is 11.9 Å². The highest BCUT2D eigenvalue weighted by atomic mass is 15.1. The fourth-order valence-electron chi connectivity index (χ4n) is 1.89. The molecule has 0 saturated heterocycles. The smallest absolute Gasteiger partial charge is 0.136 e. The highest BCUT2D eigenvalue weighted by Crippen LogP contribution is 2.38. The Kier molecular flexibility index (Phi) is 4.96. The van der Waals surface area contributed by atoms with Crippen molar-refractivity contribution in [2.24, 2.45) is 0 Å². The van der Waals surface area contributed by atoms with Crippen LogP contribution in [-0.2, 0) is 0 Å². The summed E-state index contributed by atoms with van der Waals surface area (Å²) in [6, 6.07) is 2.00. The molecule has 0 bridgehead atoms. The van der Waals surface area contributed by atoms with Gasteiger partial charge in [-0.15, -0.1) is 0 Å². The zero-order valence-corrected chi connectivity index (χ0v) is 12.2. The number of hydrogen-bond donors (Lipinski definition) is 2. The summed E-state index contributed by atoms with van der Waals surface area (Å²) in [5, 5.41) is 6.68. The van der Waals surface area contributed by atoms with E-state index >= 15 is 0 Å². The van der Waals surface area contributed by atoms with E-state index in [2.05, 4.69) is 46.4 Å². The number of aromatic nitrogens is 2. The minimum absolute atomic E-state index is 0.581. The van der Waals surface area contributed by atoms with Crippen LogP contribution in [0, 0.1) is 0 Å². The minimum atomic E-state index is 0.581. The van der Waals surface area contributed by atoms with Crippen molar-refractivity contribution in [3.63, 3.8) is 0 Å². The summed E-state index contributed by atoms with van der Waals surface area (Å²) in [6.45, 7) is 8.15. The molecule has 1 fully saturated rings. The molecule has 2 rings (SSSR count). The molecule has 1 aliphatic carbocycles. The van der Waals surface area contributed by atoms with Crippen LogP contribution in [0.4, 0.5) is 11.6 Å². The van der Waals surface area contributed by atoms with E-state index in [1.165, 1.54) is 12.8 Å². The maximum absolute atomic E-state index is 4.62. The van der Waals surface area contributed by atoms with Crippen LogP contribution in [0.25, 0.3) is 0 Å². The molecule has 19 heavy (non-hydrogen) atoms. The maximum Gasteiger partial charge on any atom is 0.136 e. The Labute approximate surface area is 115 Å². The number of hydrogen-bond acceptors (Lipinski definition) is 5. The molecule has 1 saturated carbocycles. The summed E-state index contributed by atoms with van der Waals surface area (Å²) in [7, 11) is 2.13. The Bertz CT molecular complexity index is 403. The first-order valence-electron chi connectivity index (χ1n) is 7.28. The van der Waals surface area contributed by atoms with Crippen molar-refractivity contribution in [1.82, 2.24) is 14.9 Å². The van der Waals surface area contributed by atoms with Crippen molar-refractivity contribution in [2.45, 2.75) is 32.6 Å². The van der Waals surface area contributed by atoms with Gasteiger partial charge in [0.25, 0.3) is 0 Å². The molecule has 0 amide bonds. The molecular weight excluding hydrogens is 238 g/mol. The number of likely N-dealkylation sites (N-methyl/N-ethyl adjacent to an activating group) is 1. The Balaban J connectivity index is 1.97. The molecule has 5 nitrogen and oxygen atoms in total. The first kappa shape index (κ1) is 14.1. The van der Waals surface area contributed by atoms with E-state index in [9.17, 15) is 0 Å². The number of rotatable bonds is 8. The van der Waals surface area contributed by atoms with Crippen LogP contribution in [0.1, 0.15) is 38.4 Å². The van der Waals surface area contributed by atoms with E-state index < -0.39 is 0 Å². The van der Waals surface area contributed by atoms with Crippen LogP contribution < -0.4 is 10.6 Å². The van der Waals surface area contributed by atoms with Crippen LogP contribution in [0.5, 0.6) is 0 Å². The molecule has 0 spiro atoms. The summed E-state index contributed by atoms with van der Waals surface area (Å²) < 4.78 is 0. The monoisotopic (exact) mass is 263 g/mol. The summed E-state index contributed by atoms with van der Waals surface area (Å²) in [4.78, 5) is 11.5. The predicted octanol–water partition coefficient (Wildman–Crippen LogP) is 2.15. The topological polar surface area (TPSA) is 53.1 Å². The predicted molar refractivity (Wildman–Crippen MR) is 79.8 cm³/mol. The zero-order chi connectivity index (χ0) is 13.7. The molecule has 0 atom stereocenters. The summed E-state index contributed by atoms with van der Waals surface area (Å²) >= 11 is 0. The molecule has 1 heterocycles. The Morgan fingerprint density at radius 1 is 1.21 bits per heavy atom. The van der Waals surface area contributed by atoms with E-state index in [-0.39, 0.29) is 0 Å². The van der Waals surface area contributed by atoms with E-state index in [1.807, 2.05) is 6.07 Å². The molecule has 0 aliphatic heterocycles. The Morgan fingerprint density at radius 3 is 2.47 bits per heavy atom. The van der Waals surface area contributed by atoms with Gasteiger partial charge in [-0.1, -0.05) is 6.92 Å². The maximum atomic E-state index is 4.62. The molecule has 1 aromatic rings. The van der Waals surface area contributed by atoms with Crippen LogP contribution in [-0.4, -0.2) is 48.1 Å². The lowest BCUT2D eigenvalue weighted by atomic mass is 10.3. The minimum Gasteiger partial charge on any atom is -0.370 e. The summed E-state index contributed by atoms with van der Waals surface area (Å²) in [6.07, 6.45) is 2.46. The third-order valence-electron chi connectivity index (χ3n) is 3.38. The SMILES string of the molecule is CCNc1cc(NCCN(C)CC)nc(C2CC2)n1. The lowest BCUT2D eigenvalue weighted by molar-refractivity contribution is 0.367. The van der Waals surface area contributed by atoms with Crippen LogP contribution in [0.2, 0.25) is 0 Å². The number of nitrogens with one attached hydrogen (secondary N) is 2. The molecule has 5 heteroatoms. The normalized spacial score (nSPS) is 14.7. The van der Waals surface area contributed by atoms with Gasteiger partial charge in [0, 0.05) is 31.6 Å². The number of anilines is 2. The van der Waals surface area contributed by atoms with Gasteiger partial charge in [0.1, 0.15) is 17.5 Å². The molecule has 0 radical (unpaired) electrons. The van der Waals surface area contributed by atoms with Gasteiger partial charge in [-0.05, 0) is 33.4 Å². The van der Waals surface area contributed by atoms with Crippen LogP contribution in [0.3, 0.4) is 0 Å². The van der Waals surface area contributed by atoms with Gasteiger partial charge in [-0.2, -0.15) is 0 Å². The van der Waals surface area contributed by atoms with Gasteiger partial charge >= 0.3 is 0 Å². The van der Waals surface area contributed by atoms with Crippen molar-refractivity contribution in [2.75, 3.05) is 43.9 Å². The zero-order valence-electron chi connectivity index (χ0n) is 12.2. The lowest BCUT2D eigenvalue weighted by Crippen LogP contribution is -2.25. The van der Waals surface area contributed by atoms with Crippen LogP contribution >= 0.6 is 0 Å². The average molecular weight is 263 g/mol. The lowest BCUT2D eigenvalue weighted by Gasteiger charge is -2.15. The van der Waals surface area contributed by atoms with Crippen molar-refractivity contribution >= 4 is 11.6 Å². The van der Waals surface area contributed by atoms with Gasteiger partial charge in [-0.25, -0.2) is 9.97 Å². The van der Waals surface area contributed by atoms with E-state index in [0.717, 1.165) is 43.6 Å². The fraction of sp³-hybridized carbons (Fsp3) is 0.714. The fourth-order valence-corrected chi connectivity index (χ4v) is 1.89.